The molecule has 0 unspecified atom stereocenters. The molecule has 0 aliphatic rings. The van der Waals surface area contributed by atoms with Crippen LogP contribution in [0.3, 0.4) is 0 Å². The maximum absolute atomic E-state index is 8.53. The molecule has 4 N–H and O–H groups in total. The molecule has 4 heteroatoms. The highest BCUT2D eigenvalue weighted by molar-refractivity contribution is 5.60. The largest absolute Gasteiger partial charge is 0.396 e. The lowest BCUT2D eigenvalue weighted by Crippen LogP contribution is -2.06. The van der Waals surface area contributed by atoms with E-state index in [2.05, 4.69) is 10.3 Å². The molecular formula is C8H13N3O. The Bertz CT molecular complexity index is 239. The van der Waals surface area contributed by atoms with Crippen molar-refractivity contribution in [3.63, 3.8) is 0 Å². The lowest BCUT2D eigenvalue weighted by Gasteiger charge is -2.06. The SMILES string of the molecule is Nc1ncccc1NCCCO. The molecule has 66 valence electrons. The van der Waals surface area contributed by atoms with E-state index in [1.807, 2.05) is 12.1 Å². The van der Waals surface area contributed by atoms with Gasteiger partial charge in [0.1, 0.15) is 5.82 Å². The van der Waals surface area contributed by atoms with Crippen molar-refractivity contribution in [3.8, 4) is 0 Å². The van der Waals surface area contributed by atoms with E-state index in [4.69, 9.17) is 10.8 Å². The summed E-state index contributed by atoms with van der Waals surface area (Å²) in [7, 11) is 0. The molecule has 0 aliphatic heterocycles. The van der Waals surface area contributed by atoms with E-state index in [1.165, 1.54) is 0 Å². The molecule has 0 radical (unpaired) electrons. The second kappa shape index (κ2) is 4.56. The first-order valence-electron chi connectivity index (χ1n) is 3.90. The number of nitrogens with two attached hydrogens (primary N) is 1. The van der Waals surface area contributed by atoms with Gasteiger partial charge in [0.25, 0.3) is 0 Å². The van der Waals surface area contributed by atoms with Crippen LogP contribution < -0.4 is 11.1 Å². The summed E-state index contributed by atoms with van der Waals surface area (Å²) in [5.41, 5.74) is 6.39. The number of nitrogens with zero attached hydrogens (tertiary/aromatic N) is 1. The Labute approximate surface area is 71.4 Å². The third kappa shape index (κ3) is 2.39. The van der Waals surface area contributed by atoms with E-state index < -0.39 is 0 Å². The summed E-state index contributed by atoms with van der Waals surface area (Å²) in [5, 5.41) is 11.6. The van der Waals surface area contributed by atoms with Crippen LogP contribution in [0.4, 0.5) is 11.5 Å². The number of nitrogen functional groups attached to an aromatic ring is 1. The van der Waals surface area contributed by atoms with Gasteiger partial charge in [-0.3, -0.25) is 0 Å². The van der Waals surface area contributed by atoms with Gasteiger partial charge in [0.15, 0.2) is 0 Å². The molecule has 1 rings (SSSR count). The van der Waals surface area contributed by atoms with Crippen LogP contribution in [0.5, 0.6) is 0 Å². The number of hydrogen-bond donors (Lipinski definition) is 3. The highest BCUT2D eigenvalue weighted by Crippen LogP contribution is 2.12. The van der Waals surface area contributed by atoms with Crippen LogP contribution in [0.1, 0.15) is 6.42 Å². The first-order valence-corrected chi connectivity index (χ1v) is 3.90. The van der Waals surface area contributed by atoms with Gasteiger partial charge in [0.2, 0.25) is 0 Å². The van der Waals surface area contributed by atoms with Gasteiger partial charge in [0, 0.05) is 19.3 Å². The van der Waals surface area contributed by atoms with Crippen LogP contribution in [0.2, 0.25) is 0 Å². The van der Waals surface area contributed by atoms with E-state index in [0.717, 1.165) is 5.69 Å². The molecule has 0 atom stereocenters. The zero-order chi connectivity index (χ0) is 8.81. The molecule has 0 aromatic carbocycles. The van der Waals surface area contributed by atoms with Gasteiger partial charge in [-0.2, -0.15) is 0 Å². The van der Waals surface area contributed by atoms with Crippen LogP contribution in [0.25, 0.3) is 0 Å². The second-order valence-corrected chi connectivity index (χ2v) is 2.44. The summed E-state index contributed by atoms with van der Waals surface area (Å²) in [6, 6.07) is 3.68. The fourth-order valence-corrected chi connectivity index (χ4v) is 0.869. The monoisotopic (exact) mass is 167 g/mol. The van der Waals surface area contributed by atoms with Crippen molar-refractivity contribution in [2.24, 2.45) is 0 Å². The number of aliphatic hydroxyl groups is 1. The van der Waals surface area contributed by atoms with Crippen molar-refractivity contribution >= 4 is 11.5 Å². The number of rotatable bonds is 4. The minimum atomic E-state index is 0.188. The first-order chi connectivity index (χ1) is 5.84. The standard InChI is InChI=1S/C8H13N3O/c9-8-7(3-1-4-11-8)10-5-2-6-12/h1,3-4,10,12H,2,5-6H2,(H2,9,11). The summed E-state index contributed by atoms with van der Waals surface area (Å²) in [4.78, 5) is 3.91. The van der Waals surface area contributed by atoms with Gasteiger partial charge in [-0.1, -0.05) is 0 Å². The fourth-order valence-electron chi connectivity index (χ4n) is 0.869. The third-order valence-corrected chi connectivity index (χ3v) is 1.49. The zero-order valence-corrected chi connectivity index (χ0v) is 6.83. The normalized spacial score (nSPS) is 9.75. The lowest BCUT2D eigenvalue weighted by molar-refractivity contribution is 0.292. The van der Waals surface area contributed by atoms with Crippen molar-refractivity contribution in [2.45, 2.75) is 6.42 Å². The average molecular weight is 167 g/mol. The fraction of sp³-hybridized carbons (Fsp3) is 0.375. The van der Waals surface area contributed by atoms with Crippen LogP contribution in [0.15, 0.2) is 18.3 Å². The lowest BCUT2D eigenvalue weighted by atomic mass is 10.3. The van der Waals surface area contributed by atoms with Crippen LogP contribution >= 0.6 is 0 Å². The Kier molecular flexibility index (Phi) is 3.35. The van der Waals surface area contributed by atoms with Crippen molar-refractivity contribution < 1.29 is 5.11 Å². The zero-order valence-electron chi connectivity index (χ0n) is 6.83. The quantitative estimate of drug-likeness (QED) is 0.570. The third-order valence-electron chi connectivity index (χ3n) is 1.49. The first kappa shape index (κ1) is 8.80. The van der Waals surface area contributed by atoms with Gasteiger partial charge in [-0.25, -0.2) is 4.98 Å². The summed E-state index contributed by atoms with van der Waals surface area (Å²) in [5.74, 6) is 0.496. The van der Waals surface area contributed by atoms with E-state index in [-0.39, 0.29) is 6.61 Å². The Balaban J connectivity index is 2.46. The molecule has 0 spiro atoms. The number of aromatic nitrogens is 1. The van der Waals surface area contributed by atoms with Gasteiger partial charge in [-0.15, -0.1) is 0 Å². The minimum Gasteiger partial charge on any atom is -0.396 e. The molecule has 1 aromatic heterocycles. The van der Waals surface area contributed by atoms with E-state index in [9.17, 15) is 0 Å². The number of pyridine rings is 1. The number of hydrogen-bond acceptors (Lipinski definition) is 4. The van der Waals surface area contributed by atoms with Crippen LogP contribution in [-0.2, 0) is 0 Å². The smallest absolute Gasteiger partial charge is 0.146 e. The topological polar surface area (TPSA) is 71.2 Å². The molecule has 0 aliphatic carbocycles. The van der Waals surface area contributed by atoms with E-state index >= 15 is 0 Å². The molecule has 4 nitrogen and oxygen atoms in total. The average Bonchev–Trinajstić information content (AvgIpc) is 2.09. The molecular weight excluding hydrogens is 154 g/mol. The molecule has 0 fully saturated rings. The summed E-state index contributed by atoms with van der Waals surface area (Å²) in [6.45, 7) is 0.902. The second-order valence-electron chi connectivity index (χ2n) is 2.44. The van der Waals surface area contributed by atoms with Crippen molar-refractivity contribution in [1.82, 2.24) is 4.98 Å². The van der Waals surface area contributed by atoms with Gasteiger partial charge in [0.05, 0.1) is 5.69 Å². The Morgan fingerprint density at radius 1 is 1.58 bits per heavy atom. The van der Waals surface area contributed by atoms with E-state index in [0.29, 0.717) is 18.8 Å². The Hall–Kier alpha value is -1.29. The number of aliphatic hydroxyl groups excluding tert-OH is 1. The highest BCUT2D eigenvalue weighted by Gasteiger charge is 1.95. The molecule has 12 heavy (non-hydrogen) atoms. The summed E-state index contributed by atoms with van der Waals surface area (Å²) in [6.07, 6.45) is 2.36. The Morgan fingerprint density at radius 2 is 2.42 bits per heavy atom. The van der Waals surface area contributed by atoms with Gasteiger partial charge < -0.3 is 16.2 Å². The number of anilines is 2. The molecule has 0 bridgehead atoms. The van der Waals surface area contributed by atoms with Crippen LogP contribution in [-0.4, -0.2) is 23.2 Å². The van der Waals surface area contributed by atoms with Gasteiger partial charge in [-0.05, 0) is 18.6 Å². The minimum absolute atomic E-state index is 0.188. The maximum Gasteiger partial charge on any atom is 0.146 e. The van der Waals surface area contributed by atoms with Crippen molar-refractivity contribution in [3.05, 3.63) is 18.3 Å². The molecule has 0 saturated carbocycles. The van der Waals surface area contributed by atoms with Crippen molar-refractivity contribution in [1.29, 1.82) is 0 Å². The Morgan fingerprint density at radius 3 is 3.08 bits per heavy atom. The summed E-state index contributed by atoms with van der Waals surface area (Å²) >= 11 is 0. The highest BCUT2D eigenvalue weighted by atomic mass is 16.3. The van der Waals surface area contributed by atoms with E-state index in [1.54, 1.807) is 6.20 Å². The molecule has 1 heterocycles. The van der Waals surface area contributed by atoms with Crippen LogP contribution in [0, 0.1) is 0 Å². The predicted molar refractivity (Wildman–Crippen MR) is 48.8 cm³/mol. The summed E-state index contributed by atoms with van der Waals surface area (Å²) < 4.78 is 0. The van der Waals surface area contributed by atoms with Gasteiger partial charge >= 0.3 is 0 Å². The van der Waals surface area contributed by atoms with Crippen molar-refractivity contribution in [2.75, 3.05) is 24.2 Å². The molecule has 0 amide bonds. The number of nitrogens with one attached hydrogen (secondary N) is 1. The maximum atomic E-state index is 8.53. The predicted octanol–water partition coefficient (Wildman–Crippen LogP) is 0.458. The molecule has 0 saturated heterocycles. The molecule has 1 aromatic rings.